The summed E-state index contributed by atoms with van der Waals surface area (Å²) in [6.07, 6.45) is 1.04. The molecule has 19 heavy (non-hydrogen) atoms. The van der Waals surface area contributed by atoms with Crippen LogP contribution in [0.2, 0.25) is 5.02 Å². The first-order chi connectivity index (χ1) is 8.64. The Morgan fingerprint density at radius 2 is 2.05 bits per heavy atom. The molecule has 0 spiro atoms. The minimum atomic E-state index is -3.57. The van der Waals surface area contributed by atoms with Crippen LogP contribution < -0.4 is 4.31 Å². The maximum absolute atomic E-state index is 11.8. The van der Waals surface area contributed by atoms with Gasteiger partial charge in [0.25, 0.3) is 0 Å². The second-order valence-corrected chi connectivity index (χ2v) is 6.73. The summed E-state index contributed by atoms with van der Waals surface area (Å²) in [5.74, 6) is -1.86. The van der Waals surface area contributed by atoms with Crippen LogP contribution >= 0.6 is 11.6 Å². The molecule has 0 aliphatic rings. The highest BCUT2D eigenvalue weighted by Gasteiger charge is 2.25. The van der Waals surface area contributed by atoms with Crippen molar-refractivity contribution in [2.45, 2.75) is 13.8 Å². The van der Waals surface area contributed by atoms with Crippen molar-refractivity contribution < 1.29 is 18.3 Å². The van der Waals surface area contributed by atoms with E-state index in [0.717, 1.165) is 10.6 Å². The predicted molar refractivity (Wildman–Crippen MR) is 75.2 cm³/mol. The average Bonchev–Trinajstić information content (AvgIpc) is 2.28. The molecule has 1 aromatic carbocycles. The normalized spacial score (nSPS) is 13.1. The predicted octanol–water partition coefficient (Wildman–Crippen LogP) is 2.14. The Morgan fingerprint density at radius 3 is 2.53 bits per heavy atom. The van der Waals surface area contributed by atoms with Crippen molar-refractivity contribution in [1.82, 2.24) is 0 Å². The van der Waals surface area contributed by atoms with Crippen LogP contribution in [0.5, 0.6) is 0 Å². The lowest BCUT2D eigenvalue weighted by Gasteiger charge is -2.26. The molecule has 1 atom stereocenters. The molecule has 7 heteroatoms. The highest BCUT2D eigenvalue weighted by molar-refractivity contribution is 7.92. The number of nitrogens with zero attached hydrogens (tertiary/aromatic N) is 1. The highest BCUT2D eigenvalue weighted by atomic mass is 35.5. The van der Waals surface area contributed by atoms with Crippen LogP contribution in [-0.2, 0) is 14.8 Å². The summed E-state index contributed by atoms with van der Waals surface area (Å²) in [6.45, 7) is 3.02. The van der Waals surface area contributed by atoms with Gasteiger partial charge < -0.3 is 5.11 Å². The molecular weight excluding hydrogens is 290 g/mol. The SMILES string of the molecule is Cc1c(Cl)cccc1N(CC(C)C(=O)O)S(C)(=O)=O. The Balaban J connectivity index is 3.26. The van der Waals surface area contributed by atoms with E-state index in [1.807, 2.05) is 0 Å². The summed E-state index contributed by atoms with van der Waals surface area (Å²) in [4.78, 5) is 10.9. The van der Waals surface area contributed by atoms with E-state index < -0.39 is 21.9 Å². The van der Waals surface area contributed by atoms with Gasteiger partial charge in [0.1, 0.15) is 0 Å². The van der Waals surface area contributed by atoms with E-state index in [0.29, 0.717) is 16.3 Å². The van der Waals surface area contributed by atoms with Crippen molar-refractivity contribution in [2.75, 3.05) is 17.1 Å². The Hall–Kier alpha value is -1.27. The second-order valence-electron chi connectivity index (χ2n) is 4.42. The molecule has 0 fully saturated rings. The van der Waals surface area contributed by atoms with Crippen LogP contribution in [0.3, 0.4) is 0 Å². The van der Waals surface area contributed by atoms with Gasteiger partial charge in [-0.1, -0.05) is 24.6 Å². The Labute approximate surface area is 117 Å². The molecule has 106 valence electrons. The highest BCUT2D eigenvalue weighted by Crippen LogP contribution is 2.28. The molecule has 0 aliphatic carbocycles. The fourth-order valence-electron chi connectivity index (χ4n) is 1.61. The van der Waals surface area contributed by atoms with Crippen molar-refractivity contribution >= 4 is 33.3 Å². The van der Waals surface area contributed by atoms with Gasteiger partial charge >= 0.3 is 5.97 Å². The first-order valence-corrected chi connectivity index (χ1v) is 7.83. The van der Waals surface area contributed by atoms with Crippen LogP contribution in [0.4, 0.5) is 5.69 Å². The summed E-state index contributed by atoms with van der Waals surface area (Å²) in [6, 6.07) is 4.90. The van der Waals surface area contributed by atoms with E-state index in [9.17, 15) is 13.2 Å². The van der Waals surface area contributed by atoms with E-state index in [1.165, 1.54) is 6.92 Å². The van der Waals surface area contributed by atoms with E-state index in [2.05, 4.69) is 0 Å². The van der Waals surface area contributed by atoms with Gasteiger partial charge in [0, 0.05) is 11.6 Å². The number of aliphatic carboxylic acids is 1. The van der Waals surface area contributed by atoms with Gasteiger partial charge in [-0.15, -0.1) is 0 Å². The number of carbonyl (C=O) groups is 1. The molecule has 0 radical (unpaired) electrons. The van der Waals surface area contributed by atoms with Crippen LogP contribution in [0.25, 0.3) is 0 Å². The number of hydrogen-bond donors (Lipinski definition) is 1. The minimum Gasteiger partial charge on any atom is -0.481 e. The van der Waals surface area contributed by atoms with Crippen molar-refractivity contribution in [2.24, 2.45) is 5.92 Å². The number of benzene rings is 1. The number of anilines is 1. The van der Waals surface area contributed by atoms with Gasteiger partial charge in [-0.25, -0.2) is 8.42 Å². The topological polar surface area (TPSA) is 74.7 Å². The Bertz CT molecular complexity index is 585. The van der Waals surface area contributed by atoms with Gasteiger partial charge in [-0.05, 0) is 24.6 Å². The summed E-state index contributed by atoms with van der Waals surface area (Å²) in [5.41, 5.74) is 1.01. The largest absolute Gasteiger partial charge is 0.481 e. The third kappa shape index (κ3) is 3.84. The second kappa shape index (κ2) is 5.79. The van der Waals surface area contributed by atoms with E-state index in [1.54, 1.807) is 25.1 Å². The number of halogens is 1. The molecule has 0 saturated heterocycles. The van der Waals surface area contributed by atoms with Crippen molar-refractivity contribution in [3.63, 3.8) is 0 Å². The fourth-order valence-corrected chi connectivity index (χ4v) is 2.82. The molecule has 0 aromatic heterocycles. The van der Waals surface area contributed by atoms with Gasteiger partial charge in [-0.3, -0.25) is 9.10 Å². The molecule has 1 unspecified atom stereocenters. The lowest BCUT2D eigenvalue weighted by Crippen LogP contribution is -2.36. The molecule has 0 saturated carbocycles. The first-order valence-electron chi connectivity index (χ1n) is 5.60. The van der Waals surface area contributed by atoms with Gasteiger partial charge in [0.15, 0.2) is 0 Å². The molecule has 1 N–H and O–H groups in total. The van der Waals surface area contributed by atoms with Crippen LogP contribution in [0.15, 0.2) is 18.2 Å². The number of sulfonamides is 1. The standard InChI is InChI=1S/C12H16ClNO4S/c1-8(12(15)16)7-14(19(3,17)18)11-6-4-5-10(13)9(11)2/h4-6,8H,7H2,1-3H3,(H,15,16). The quantitative estimate of drug-likeness (QED) is 0.904. The summed E-state index contributed by atoms with van der Waals surface area (Å²) < 4.78 is 24.8. The van der Waals surface area contributed by atoms with E-state index in [4.69, 9.17) is 16.7 Å². The lowest BCUT2D eigenvalue weighted by molar-refractivity contribution is -0.140. The molecule has 0 bridgehead atoms. The third-order valence-corrected chi connectivity index (χ3v) is 4.33. The smallest absolute Gasteiger partial charge is 0.308 e. The molecule has 1 aromatic rings. The molecule has 0 aliphatic heterocycles. The number of carboxylic acids is 1. The molecular formula is C12H16ClNO4S. The van der Waals surface area contributed by atoms with E-state index in [-0.39, 0.29) is 6.54 Å². The fraction of sp³-hybridized carbons (Fsp3) is 0.417. The molecule has 0 amide bonds. The van der Waals surface area contributed by atoms with Gasteiger partial charge in [0.2, 0.25) is 10.0 Å². The summed E-state index contributed by atoms with van der Waals surface area (Å²) in [5, 5.41) is 9.36. The van der Waals surface area contributed by atoms with Crippen LogP contribution in [0.1, 0.15) is 12.5 Å². The third-order valence-electron chi connectivity index (χ3n) is 2.77. The summed E-state index contributed by atoms with van der Waals surface area (Å²) >= 11 is 5.97. The average molecular weight is 306 g/mol. The summed E-state index contributed by atoms with van der Waals surface area (Å²) in [7, 11) is -3.57. The van der Waals surface area contributed by atoms with Gasteiger partial charge in [-0.2, -0.15) is 0 Å². The first kappa shape index (κ1) is 15.8. The zero-order valence-electron chi connectivity index (χ0n) is 10.9. The maximum atomic E-state index is 11.8. The maximum Gasteiger partial charge on any atom is 0.308 e. The number of carboxylic acid groups (broad SMARTS) is 1. The van der Waals surface area contributed by atoms with Crippen molar-refractivity contribution in [1.29, 1.82) is 0 Å². The number of rotatable bonds is 5. The number of hydrogen-bond acceptors (Lipinski definition) is 3. The van der Waals surface area contributed by atoms with Crippen LogP contribution in [-0.4, -0.2) is 32.3 Å². The lowest BCUT2D eigenvalue weighted by atomic mass is 10.1. The van der Waals surface area contributed by atoms with Gasteiger partial charge in [0.05, 0.1) is 17.9 Å². The molecule has 5 nitrogen and oxygen atoms in total. The molecule has 1 rings (SSSR count). The van der Waals surface area contributed by atoms with Crippen molar-refractivity contribution in [3.8, 4) is 0 Å². The monoisotopic (exact) mass is 305 g/mol. The van der Waals surface area contributed by atoms with Crippen LogP contribution in [0, 0.1) is 12.8 Å². The zero-order chi connectivity index (χ0) is 14.8. The Kier molecular flexibility index (Phi) is 4.81. The minimum absolute atomic E-state index is 0.130. The van der Waals surface area contributed by atoms with E-state index >= 15 is 0 Å². The molecule has 0 heterocycles. The zero-order valence-corrected chi connectivity index (χ0v) is 12.5. The van der Waals surface area contributed by atoms with Crippen molar-refractivity contribution in [3.05, 3.63) is 28.8 Å². The Morgan fingerprint density at radius 1 is 1.47 bits per heavy atom.